The van der Waals surface area contributed by atoms with Crippen LogP contribution in [-0.4, -0.2) is 12.9 Å². The Morgan fingerprint density at radius 2 is 1.95 bits per heavy atom. The van der Waals surface area contributed by atoms with E-state index in [1.165, 1.54) is 0 Å². The number of benzene rings is 2. The lowest BCUT2D eigenvalue weighted by Gasteiger charge is -2.07. The number of para-hydroxylation sites is 1. The van der Waals surface area contributed by atoms with Crippen LogP contribution in [0, 0.1) is 0 Å². The van der Waals surface area contributed by atoms with Crippen molar-refractivity contribution < 1.29 is 9.57 Å². The highest BCUT2D eigenvalue weighted by molar-refractivity contribution is 6.33. The molecule has 2 aromatic carbocycles. The zero-order valence-corrected chi connectivity index (χ0v) is 12.3. The lowest BCUT2D eigenvalue weighted by Crippen LogP contribution is -2.12. The Morgan fingerprint density at radius 1 is 1.19 bits per heavy atom. The normalized spacial score (nSPS) is 19.5. The molecule has 108 valence electrons. The first-order chi connectivity index (χ1) is 10.3. The van der Waals surface area contributed by atoms with Crippen LogP contribution in [-0.2, 0) is 4.84 Å². The summed E-state index contributed by atoms with van der Waals surface area (Å²) in [6.07, 6.45) is 0.620. The topological polar surface area (TPSA) is 42.8 Å². The van der Waals surface area contributed by atoms with E-state index in [-0.39, 0.29) is 6.10 Å². The predicted octanol–water partition coefficient (Wildman–Crippen LogP) is 4.04. The van der Waals surface area contributed by atoms with Gasteiger partial charge in [-0.2, -0.15) is 0 Å². The molecule has 0 bridgehead atoms. The number of halogens is 1. The first-order valence-corrected chi connectivity index (χ1v) is 7.02. The summed E-state index contributed by atoms with van der Waals surface area (Å²) in [6, 6.07) is 15.3. The number of nitrogens with one attached hydrogen (secondary N) is 1. The van der Waals surface area contributed by atoms with Crippen molar-refractivity contribution in [2.45, 2.75) is 12.5 Å². The molecule has 1 atom stereocenters. The van der Waals surface area contributed by atoms with Crippen LogP contribution in [0.1, 0.15) is 18.1 Å². The lowest BCUT2D eigenvalue weighted by atomic mass is 10.1. The molecule has 0 spiro atoms. The maximum atomic E-state index is 6.10. The number of methoxy groups -OCH3 is 1. The minimum atomic E-state index is -0.0582. The summed E-state index contributed by atoms with van der Waals surface area (Å²) in [5.74, 6) is 1.60. The molecule has 2 aromatic rings. The van der Waals surface area contributed by atoms with Crippen molar-refractivity contribution in [1.29, 1.82) is 0 Å². The van der Waals surface area contributed by atoms with E-state index in [0.29, 0.717) is 11.4 Å². The minimum Gasteiger partial charge on any atom is -0.497 e. The quantitative estimate of drug-likeness (QED) is 0.930. The highest BCUT2D eigenvalue weighted by Crippen LogP contribution is 2.29. The fraction of sp³-hybridized carbons (Fsp3) is 0.188. The van der Waals surface area contributed by atoms with Crippen LogP contribution in [0.2, 0.25) is 5.02 Å². The van der Waals surface area contributed by atoms with Crippen LogP contribution in [0.15, 0.2) is 53.5 Å². The molecule has 0 aliphatic carbocycles. The summed E-state index contributed by atoms with van der Waals surface area (Å²) in [5.41, 5.74) is 4.68. The second kappa shape index (κ2) is 6.16. The molecule has 5 heteroatoms. The Bertz CT molecular complexity index is 656. The third kappa shape index (κ3) is 3.17. The molecule has 1 N–H and O–H groups in total. The number of hydrogen-bond acceptors (Lipinski definition) is 3. The zero-order chi connectivity index (χ0) is 14.7. The molecule has 1 fully saturated rings. The Hall–Kier alpha value is -2.04. The number of rotatable bonds is 3. The van der Waals surface area contributed by atoms with Gasteiger partial charge >= 0.3 is 0 Å². The van der Waals surface area contributed by atoms with Gasteiger partial charge in [0.05, 0.1) is 17.8 Å². The monoisotopic (exact) mass is 302 g/mol. The molecule has 3 rings (SSSR count). The van der Waals surface area contributed by atoms with E-state index in [0.717, 1.165) is 22.8 Å². The summed E-state index contributed by atoms with van der Waals surface area (Å²) in [4.78, 5) is 10.1. The standard InChI is InChI=1S/C16H15ClN2O2/c1-20-12-8-6-11(7-9-12)15-10-16(19-21-15)18-14-5-3-2-4-13(14)17/h2-9,15H,10H2,1H3,(H,18,19). The minimum absolute atomic E-state index is 0.0582. The van der Waals surface area contributed by atoms with Crippen LogP contribution in [0.25, 0.3) is 0 Å². The molecule has 0 amide bonds. The zero-order valence-electron chi connectivity index (χ0n) is 11.5. The van der Waals surface area contributed by atoms with E-state index in [4.69, 9.17) is 21.2 Å². The number of ether oxygens (including phenoxy) is 1. The molecule has 1 aliphatic rings. The molecule has 21 heavy (non-hydrogen) atoms. The molecule has 1 saturated heterocycles. The molecule has 1 aliphatic heterocycles. The Balaban J connectivity index is 1.74. The van der Waals surface area contributed by atoms with E-state index in [2.05, 4.69) is 10.5 Å². The van der Waals surface area contributed by atoms with Gasteiger partial charge in [-0.1, -0.05) is 35.9 Å². The molecule has 1 heterocycles. The molecule has 1 unspecified atom stereocenters. The van der Waals surface area contributed by atoms with Crippen LogP contribution in [0.3, 0.4) is 0 Å². The smallest absolute Gasteiger partial charge is 0.129 e. The average molecular weight is 303 g/mol. The van der Waals surface area contributed by atoms with Gasteiger partial charge in [-0.3, -0.25) is 10.3 Å². The van der Waals surface area contributed by atoms with Gasteiger partial charge in [0.15, 0.2) is 0 Å². The number of amidine groups is 1. The second-order valence-electron chi connectivity index (χ2n) is 4.70. The lowest BCUT2D eigenvalue weighted by molar-refractivity contribution is 0.0448. The molecular weight excluding hydrogens is 288 g/mol. The van der Waals surface area contributed by atoms with Gasteiger partial charge in [-0.05, 0) is 29.8 Å². The van der Waals surface area contributed by atoms with Crippen molar-refractivity contribution in [2.75, 3.05) is 7.11 Å². The summed E-state index contributed by atoms with van der Waals surface area (Å²) in [6.45, 7) is 0. The summed E-state index contributed by atoms with van der Waals surface area (Å²) < 4.78 is 5.15. The maximum absolute atomic E-state index is 6.10. The Labute approximate surface area is 128 Å². The van der Waals surface area contributed by atoms with Crippen LogP contribution in [0.5, 0.6) is 5.75 Å². The van der Waals surface area contributed by atoms with E-state index in [1.807, 2.05) is 48.5 Å². The number of aliphatic imine (C=N–C) groups is 1. The largest absolute Gasteiger partial charge is 0.497 e. The van der Waals surface area contributed by atoms with E-state index >= 15 is 0 Å². The van der Waals surface area contributed by atoms with Crippen molar-refractivity contribution in [3.05, 3.63) is 59.1 Å². The summed E-state index contributed by atoms with van der Waals surface area (Å²) in [7, 11) is 1.65. The fourth-order valence-corrected chi connectivity index (χ4v) is 2.34. The van der Waals surface area contributed by atoms with Crippen molar-refractivity contribution in [3.63, 3.8) is 0 Å². The van der Waals surface area contributed by atoms with Crippen molar-refractivity contribution in [2.24, 2.45) is 4.99 Å². The highest BCUT2D eigenvalue weighted by atomic mass is 35.5. The fourth-order valence-electron chi connectivity index (χ4n) is 2.16. The van der Waals surface area contributed by atoms with Gasteiger partial charge in [0.2, 0.25) is 0 Å². The van der Waals surface area contributed by atoms with E-state index < -0.39 is 0 Å². The molecule has 0 aromatic heterocycles. The van der Waals surface area contributed by atoms with E-state index in [9.17, 15) is 0 Å². The summed E-state index contributed by atoms with van der Waals surface area (Å²) >= 11 is 6.10. The second-order valence-corrected chi connectivity index (χ2v) is 5.10. The van der Waals surface area contributed by atoms with Gasteiger partial charge in [0.25, 0.3) is 0 Å². The molecular formula is C16H15ClN2O2. The van der Waals surface area contributed by atoms with E-state index in [1.54, 1.807) is 7.11 Å². The Kier molecular flexibility index (Phi) is 4.08. The van der Waals surface area contributed by atoms with Crippen molar-refractivity contribution in [1.82, 2.24) is 5.48 Å². The van der Waals surface area contributed by atoms with Gasteiger partial charge in [0.1, 0.15) is 17.7 Å². The molecule has 0 saturated carbocycles. The average Bonchev–Trinajstić information content (AvgIpc) is 2.98. The van der Waals surface area contributed by atoms with Gasteiger partial charge < -0.3 is 4.74 Å². The van der Waals surface area contributed by atoms with Crippen LogP contribution < -0.4 is 10.2 Å². The first-order valence-electron chi connectivity index (χ1n) is 6.64. The van der Waals surface area contributed by atoms with Gasteiger partial charge in [-0.25, -0.2) is 4.99 Å². The van der Waals surface area contributed by atoms with Gasteiger partial charge in [-0.15, -0.1) is 0 Å². The molecule has 0 radical (unpaired) electrons. The number of hydrogen-bond donors (Lipinski definition) is 1. The highest BCUT2D eigenvalue weighted by Gasteiger charge is 2.23. The summed E-state index contributed by atoms with van der Waals surface area (Å²) in [5, 5.41) is 0.625. The van der Waals surface area contributed by atoms with Gasteiger partial charge in [0, 0.05) is 6.42 Å². The number of hydroxylamine groups is 1. The van der Waals surface area contributed by atoms with Crippen molar-refractivity contribution >= 4 is 23.1 Å². The first kappa shape index (κ1) is 13.9. The predicted molar refractivity (Wildman–Crippen MR) is 83.1 cm³/mol. The molecule has 4 nitrogen and oxygen atoms in total. The maximum Gasteiger partial charge on any atom is 0.129 e. The van der Waals surface area contributed by atoms with Crippen LogP contribution in [0.4, 0.5) is 5.69 Å². The third-order valence-corrected chi connectivity index (χ3v) is 3.61. The van der Waals surface area contributed by atoms with Crippen LogP contribution >= 0.6 is 11.6 Å². The third-order valence-electron chi connectivity index (χ3n) is 3.29. The SMILES string of the molecule is COc1ccc(C2CC(=Nc3ccccc3Cl)NO2)cc1. The number of nitrogens with zero attached hydrogens (tertiary/aromatic N) is 1. The van der Waals surface area contributed by atoms with Crippen molar-refractivity contribution in [3.8, 4) is 5.75 Å². The Morgan fingerprint density at radius 3 is 2.67 bits per heavy atom.